The van der Waals surface area contributed by atoms with Gasteiger partial charge >= 0.3 is 0 Å². The molecule has 0 saturated carbocycles. The van der Waals surface area contributed by atoms with Crippen LogP contribution in [0.1, 0.15) is 12.5 Å². The molecule has 0 radical (unpaired) electrons. The number of pyridine rings is 1. The number of nitrogens with one attached hydrogen (secondary N) is 1. The average molecular weight is 373 g/mol. The number of anilines is 2. The van der Waals surface area contributed by atoms with Crippen LogP contribution in [-0.2, 0) is 16.0 Å². The van der Waals surface area contributed by atoms with Crippen molar-refractivity contribution in [2.75, 3.05) is 36.4 Å². The molecule has 0 spiro atoms. The predicted molar refractivity (Wildman–Crippen MR) is 102 cm³/mol. The van der Waals surface area contributed by atoms with Crippen LogP contribution in [0.25, 0.3) is 0 Å². The highest BCUT2D eigenvalue weighted by Crippen LogP contribution is 2.17. The minimum absolute atomic E-state index is 0.113. The second kappa shape index (κ2) is 8.19. The van der Waals surface area contributed by atoms with Crippen molar-refractivity contribution in [1.29, 1.82) is 0 Å². The highest BCUT2D eigenvalue weighted by atomic mass is 35.5. The van der Waals surface area contributed by atoms with Crippen molar-refractivity contribution >= 4 is 34.9 Å². The number of hydrogen-bond acceptors (Lipinski definition) is 4. The van der Waals surface area contributed by atoms with Gasteiger partial charge in [0.05, 0.1) is 18.3 Å². The quantitative estimate of drug-likeness (QED) is 0.895. The van der Waals surface area contributed by atoms with Gasteiger partial charge in [0.2, 0.25) is 11.8 Å². The number of rotatable bonds is 4. The van der Waals surface area contributed by atoms with Crippen LogP contribution in [0.3, 0.4) is 0 Å². The number of amides is 2. The van der Waals surface area contributed by atoms with E-state index in [0.29, 0.717) is 10.8 Å². The van der Waals surface area contributed by atoms with Gasteiger partial charge in [0.15, 0.2) is 0 Å². The topological polar surface area (TPSA) is 65.5 Å². The first kappa shape index (κ1) is 18.2. The van der Waals surface area contributed by atoms with E-state index in [1.165, 1.54) is 0 Å². The lowest BCUT2D eigenvalue weighted by Crippen LogP contribution is -2.48. The van der Waals surface area contributed by atoms with Gasteiger partial charge in [-0.15, -0.1) is 0 Å². The van der Waals surface area contributed by atoms with Crippen LogP contribution in [-0.4, -0.2) is 47.9 Å². The normalized spacial score (nSPS) is 14.2. The van der Waals surface area contributed by atoms with Crippen LogP contribution in [0.15, 0.2) is 42.6 Å². The summed E-state index contributed by atoms with van der Waals surface area (Å²) in [5.74, 6) is 0.513. The zero-order valence-electron chi connectivity index (χ0n) is 14.6. The zero-order valence-corrected chi connectivity index (χ0v) is 15.4. The van der Waals surface area contributed by atoms with Crippen molar-refractivity contribution in [1.82, 2.24) is 9.88 Å². The van der Waals surface area contributed by atoms with Crippen molar-refractivity contribution in [3.8, 4) is 0 Å². The van der Waals surface area contributed by atoms with Crippen molar-refractivity contribution in [3.05, 3.63) is 53.2 Å². The lowest BCUT2D eigenvalue weighted by molar-refractivity contribution is -0.129. The Morgan fingerprint density at radius 2 is 1.77 bits per heavy atom. The molecule has 1 aliphatic rings. The summed E-state index contributed by atoms with van der Waals surface area (Å²) in [5, 5.41) is 3.45. The summed E-state index contributed by atoms with van der Waals surface area (Å²) in [4.78, 5) is 31.9. The van der Waals surface area contributed by atoms with Gasteiger partial charge in [0.1, 0.15) is 5.82 Å². The molecule has 2 heterocycles. The van der Waals surface area contributed by atoms with E-state index in [1.807, 2.05) is 23.1 Å². The molecule has 2 amide bonds. The Morgan fingerprint density at radius 1 is 1.08 bits per heavy atom. The number of benzene rings is 1. The third-order valence-corrected chi connectivity index (χ3v) is 4.64. The van der Waals surface area contributed by atoms with E-state index in [1.54, 1.807) is 31.3 Å². The van der Waals surface area contributed by atoms with Crippen molar-refractivity contribution in [3.63, 3.8) is 0 Å². The Morgan fingerprint density at radius 3 is 2.35 bits per heavy atom. The minimum atomic E-state index is -0.123. The molecule has 1 aromatic carbocycles. The number of aromatic nitrogens is 1. The largest absolute Gasteiger partial charge is 0.367 e. The van der Waals surface area contributed by atoms with E-state index in [0.717, 1.165) is 37.4 Å². The highest BCUT2D eigenvalue weighted by Gasteiger charge is 2.19. The standard InChI is InChI=1S/C19H21ClN4O2/c1-14(25)23-8-10-24(11-9-23)17-6-7-18(21-13-17)22-19(26)12-15-2-4-16(20)5-3-15/h2-7,13H,8-12H2,1H3,(H,21,22,26). The Hall–Kier alpha value is -2.60. The molecule has 1 saturated heterocycles. The fraction of sp³-hybridized carbons (Fsp3) is 0.316. The Labute approximate surface area is 157 Å². The molecule has 1 aromatic heterocycles. The Bertz CT molecular complexity index is 769. The van der Waals surface area contributed by atoms with Crippen LogP contribution in [0.4, 0.5) is 11.5 Å². The maximum absolute atomic E-state index is 12.1. The van der Waals surface area contributed by atoms with Gasteiger partial charge in [0, 0.05) is 38.1 Å². The Kier molecular flexibility index (Phi) is 5.73. The molecule has 0 unspecified atom stereocenters. The molecule has 1 aliphatic heterocycles. The number of carbonyl (C=O) groups excluding carboxylic acids is 2. The summed E-state index contributed by atoms with van der Waals surface area (Å²) in [6.45, 7) is 4.59. The van der Waals surface area contributed by atoms with Crippen LogP contribution >= 0.6 is 11.6 Å². The van der Waals surface area contributed by atoms with Gasteiger partial charge in [-0.2, -0.15) is 0 Å². The maximum atomic E-state index is 12.1. The highest BCUT2D eigenvalue weighted by molar-refractivity contribution is 6.30. The third-order valence-electron chi connectivity index (χ3n) is 4.38. The summed E-state index contributed by atoms with van der Waals surface area (Å²) < 4.78 is 0. The first-order valence-corrected chi connectivity index (χ1v) is 8.90. The van der Waals surface area contributed by atoms with Crippen molar-refractivity contribution < 1.29 is 9.59 Å². The fourth-order valence-electron chi connectivity index (χ4n) is 2.90. The summed E-state index contributed by atoms with van der Waals surface area (Å²) in [5.41, 5.74) is 1.88. The molecule has 7 heteroatoms. The number of carbonyl (C=O) groups is 2. The SMILES string of the molecule is CC(=O)N1CCN(c2ccc(NC(=O)Cc3ccc(Cl)cc3)nc2)CC1. The summed E-state index contributed by atoms with van der Waals surface area (Å²) in [6.07, 6.45) is 2.02. The van der Waals surface area contributed by atoms with E-state index in [9.17, 15) is 9.59 Å². The summed E-state index contributed by atoms with van der Waals surface area (Å²) >= 11 is 5.85. The minimum Gasteiger partial charge on any atom is -0.367 e. The predicted octanol–water partition coefficient (Wildman–Crippen LogP) is 2.58. The summed E-state index contributed by atoms with van der Waals surface area (Å²) in [7, 11) is 0. The van der Waals surface area contributed by atoms with Crippen molar-refractivity contribution in [2.24, 2.45) is 0 Å². The van der Waals surface area contributed by atoms with E-state index in [2.05, 4.69) is 15.2 Å². The molecule has 6 nitrogen and oxygen atoms in total. The lowest BCUT2D eigenvalue weighted by Gasteiger charge is -2.35. The molecular formula is C19H21ClN4O2. The van der Waals surface area contributed by atoms with Crippen LogP contribution in [0.5, 0.6) is 0 Å². The molecule has 0 bridgehead atoms. The molecule has 1 fully saturated rings. The number of nitrogens with zero attached hydrogens (tertiary/aromatic N) is 3. The van der Waals surface area contributed by atoms with Gasteiger partial charge in [-0.05, 0) is 29.8 Å². The number of hydrogen-bond donors (Lipinski definition) is 1. The van der Waals surface area contributed by atoms with E-state index in [4.69, 9.17) is 11.6 Å². The molecule has 3 rings (SSSR count). The molecule has 2 aromatic rings. The molecule has 0 atom stereocenters. The molecular weight excluding hydrogens is 352 g/mol. The fourth-order valence-corrected chi connectivity index (χ4v) is 3.03. The Balaban J connectivity index is 1.53. The zero-order chi connectivity index (χ0) is 18.5. The third kappa shape index (κ3) is 4.73. The van der Waals surface area contributed by atoms with Crippen LogP contribution in [0.2, 0.25) is 5.02 Å². The summed E-state index contributed by atoms with van der Waals surface area (Å²) in [6, 6.07) is 10.9. The monoisotopic (exact) mass is 372 g/mol. The second-order valence-corrected chi connectivity index (χ2v) is 6.68. The van der Waals surface area contributed by atoms with E-state index >= 15 is 0 Å². The smallest absolute Gasteiger partial charge is 0.229 e. The van der Waals surface area contributed by atoms with Gasteiger partial charge in [0.25, 0.3) is 0 Å². The first-order chi connectivity index (χ1) is 12.5. The van der Waals surface area contributed by atoms with E-state index in [-0.39, 0.29) is 18.2 Å². The molecule has 0 aliphatic carbocycles. The number of piperazine rings is 1. The maximum Gasteiger partial charge on any atom is 0.229 e. The number of halogens is 1. The molecule has 136 valence electrons. The van der Waals surface area contributed by atoms with Crippen molar-refractivity contribution in [2.45, 2.75) is 13.3 Å². The van der Waals surface area contributed by atoms with Gasteiger partial charge in [-0.1, -0.05) is 23.7 Å². The first-order valence-electron chi connectivity index (χ1n) is 8.52. The van der Waals surface area contributed by atoms with Gasteiger partial charge < -0.3 is 15.1 Å². The lowest BCUT2D eigenvalue weighted by atomic mass is 10.1. The molecule has 1 N–H and O–H groups in total. The average Bonchev–Trinajstić information content (AvgIpc) is 2.64. The van der Waals surface area contributed by atoms with Crippen LogP contribution in [0, 0.1) is 0 Å². The van der Waals surface area contributed by atoms with Crippen LogP contribution < -0.4 is 10.2 Å². The van der Waals surface area contributed by atoms with Gasteiger partial charge in [-0.3, -0.25) is 9.59 Å². The molecule has 26 heavy (non-hydrogen) atoms. The second-order valence-electron chi connectivity index (χ2n) is 6.25. The van der Waals surface area contributed by atoms with E-state index < -0.39 is 0 Å². The van der Waals surface area contributed by atoms with Gasteiger partial charge in [-0.25, -0.2) is 4.98 Å².